The van der Waals surface area contributed by atoms with Crippen molar-refractivity contribution in [2.75, 3.05) is 23.8 Å². The molecule has 0 bridgehead atoms. The highest BCUT2D eigenvalue weighted by Gasteiger charge is 2.38. The van der Waals surface area contributed by atoms with Crippen LogP contribution in [0, 0.1) is 12.8 Å². The number of halogens is 3. The monoisotopic (exact) mass is 501 g/mol. The third-order valence-corrected chi connectivity index (χ3v) is 5.90. The summed E-state index contributed by atoms with van der Waals surface area (Å²) in [6.07, 6.45) is -0.418. The summed E-state index contributed by atoms with van der Waals surface area (Å²) < 4.78 is 56.1. The zero-order valence-corrected chi connectivity index (χ0v) is 20.5. The third kappa shape index (κ3) is 5.09. The number of alkyl halides is 3. The first-order valence-electron chi connectivity index (χ1n) is 12.4. The van der Waals surface area contributed by atoms with E-state index in [9.17, 15) is 18.0 Å². The molecule has 3 aromatic rings. The second-order valence-electron chi connectivity index (χ2n) is 8.99. The number of carbonyl (C=O) groups excluding carboxylic acids is 1. The van der Waals surface area contributed by atoms with Crippen molar-refractivity contribution in [3.8, 4) is 11.1 Å². The van der Waals surface area contributed by atoms with Crippen molar-refractivity contribution in [3.63, 3.8) is 0 Å². The van der Waals surface area contributed by atoms with Crippen LogP contribution in [0.3, 0.4) is 0 Å². The van der Waals surface area contributed by atoms with Crippen molar-refractivity contribution in [2.45, 2.75) is 46.0 Å². The second kappa shape index (κ2) is 9.71. The molecule has 1 N–H and O–H groups in total. The van der Waals surface area contributed by atoms with Crippen LogP contribution in [0.1, 0.15) is 46.5 Å². The van der Waals surface area contributed by atoms with Crippen molar-refractivity contribution in [3.05, 3.63) is 59.8 Å². The number of nitrogens with one attached hydrogen (secondary N) is 1. The molecule has 1 fully saturated rings. The standard InChI is InChI=1S/C25H28F3N7O/c1-14(2)20-13-34(5)24(36)35(20)22-7-9-30-23(33-22)32-16(4)19-10-15(3)18(12-31-19)17-6-8-29-21(11-17)25(26,27)28/h6-12,14,16,20H,13H2,1-5H3,(H,30,32,33)/t16?,20-/m1/s1/i13D2. The van der Waals surface area contributed by atoms with E-state index in [-0.39, 0.29) is 23.7 Å². The zero-order valence-electron chi connectivity index (χ0n) is 22.5. The lowest BCUT2D eigenvalue weighted by Crippen LogP contribution is -2.38. The number of anilines is 2. The van der Waals surface area contributed by atoms with Crippen LogP contribution in [-0.2, 0) is 6.18 Å². The molecule has 0 aromatic carbocycles. The summed E-state index contributed by atoms with van der Waals surface area (Å²) in [4.78, 5) is 31.9. The molecule has 4 heterocycles. The Labute approximate surface area is 210 Å². The fraction of sp³-hybridized carbons (Fsp3) is 0.400. The third-order valence-electron chi connectivity index (χ3n) is 5.90. The summed E-state index contributed by atoms with van der Waals surface area (Å²) in [6, 6.07) is 4.20. The Kier molecular flexibility index (Phi) is 6.12. The average Bonchev–Trinajstić information content (AvgIpc) is 3.03. The van der Waals surface area contributed by atoms with Crippen LogP contribution in [0.5, 0.6) is 0 Å². The van der Waals surface area contributed by atoms with Gasteiger partial charge in [-0.05, 0) is 55.2 Å². The van der Waals surface area contributed by atoms with E-state index < -0.39 is 30.4 Å². The van der Waals surface area contributed by atoms with E-state index in [0.717, 1.165) is 22.7 Å². The Morgan fingerprint density at radius 1 is 1.14 bits per heavy atom. The lowest BCUT2D eigenvalue weighted by Gasteiger charge is -2.25. The molecule has 11 heteroatoms. The van der Waals surface area contributed by atoms with E-state index in [0.29, 0.717) is 16.8 Å². The molecule has 190 valence electrons. The first-order valence-corrected chi connectivity index (χ1v) is 11.4. The van der Waals surface area contributed by atoms with Crippen molar-refractivity contribution in [1.29, 1.82) is 0 Å². The Morgan fingerprint density at radius 2 is 1.86 bits per heavy atom. The van der Waals surface area contributed by atoms with Gasteiger partial charge in [-0.1, -0.05) is 13.8 Å². The molecule has 2 amide bonds. The van der Waals surface area contributed by atoms with Crippen molar-refractivity contribution in [1.82, 2.24) is 24.8 Å². The normalized spacial score (nSPS) is 19.4. The molecule has 2 atom stereocenters. The van der Waals surface area contributed by atoms with Crippen LogP contribution in [0.2, 0.25) is 0 Å². The molecule has 0 radical (unpaired) electrons. The average molecular weight is 502 g/mol. The highest BCUT2D eigenvalue weighted by atomic mass is 19.4. The van der Waals surface area contributed by atoms with Gasteiger partial charge in [0.15, 0.2) is 0 Å². The van der Waals surface area contributed by atoms with E-state index in [1.54, 1.807) is 19.1 Å². The highest BCUT2D eigenvalue weighted by molar-refractivity contribution is 5.94. The minimum atomic E-state index is -4.54. The Balaban J connectivity index is 1.57. The number of pyridine rings is 2. The molecule has 1 unspecified atom stereocenters. The van der Waals surface area contributed by atoms with Gasteiger partial charge in [0.1, 0.15) is 11.5 Å². The topological polar surface area (TPSA) is 87.1 Å². The van der Waals surface area contributed by atoms with Crippen molar-refractivity contribution in [2.24, 2.45) is 5.92 Å². The molecule has 0 spiro atoms. The number of nitrogens with zero attached hydrogens (tertiary/aromatic N) is 6. The maximum Gasteiger partial charge on any atom is 0.433 e. The highest BCUT2D eigenvalue weighted by Crippen LogP contribution is 2.32. The van der Waals surface area contributed by atoms with Gasteiger partial charge in [-0.25, -0.2) is 9.78 Å². The van der Waals surface area contributed by atoms with Gasteiger partial charge in [0.05, 0.1) is 20.5 Å². The summed E-state index contributed by atoms with van der Waals surface area (Å²) in [7, 11) is 1.42. The first kappa shape index (κ1) is 22.7. The number of aromatic nitrogens is 4. The molecule has 4 rings (SSSR count). The lowest BCUT2D eigenvalue weighted by molar-refractivity contribution is -0.141. The SMILES string of the molecule is [2H]C1([2H])[C@H](C(C)C)N(c2ccnc(NC(C)c3cc(C)c(-c4ccnc(C(F)(F)F)c4)cn3)n2)C(=O)N1C. The molecule has 8 nitrogen and oxygen atoms in total. The minimum absolute atomic E-state index is 0.178. The molecule has 0 aliphatic carbocycles. The molecular weight excluding hydrogens is 471 g/mol. The minimum Gasteiger partial charge on any atom is -0.346 e. The van der Waals surface area contributed by atoms with Crippen LogP contribution in [0.4, 0.5) is 29.7 Å². The van der Waals surface area contributed by atoms with Crippen LogP contribution in [-0.4, -0.2) is 50.5 Å². The van der Waals surface area contributed by atoms with Gasteiger partial charge in [-0.3, -0.25) is 14.9 Å². The van der Waals surface area contributed by atoms with Crippen LogP contribution < -0.4 is 10.2 Å². The number of amides is 2. The van der Waals surface area contributed by atoms with Crippen molar-refractivity contribution >= 4 is 17.8 Å². The Hall–Kier alpha value is -3.76. The van der Waals surface area contributed by atoms with E-state index >= 15 is 0 Å². The summed E-state index contributed by atoms with van der Waals surface area (Å²) >= 11 is 0. The predicted molar refractivity (Wildman–Crippen MR) is 130 cm³/mol. The van der Waals surface area contributed by atoms with E-state index in [4.69, 9.17) is 2.74 Å². The number of rotatable bonds is 6. The molecule has 0 saturated carbocycles. The molecule has 1 saturated heterocycles. The van der Waals surface area contributed by atoms with E-state index in [1.165, 1.54) is 30.4 Å². The first-order chi connectivity index (χ1) is 17.7. The zero-order chi connectivity index (χ0) is 28.0. The van der Waals surface area contributed by atoms with Crippen LogP contribution in [0.25, 0.3) is 11.1 Å². The van der Waals surface area contributed by atoms with Crippen LogP contribution >= 0.6 is 0 Å². The van der Waals surface area contributed by atoms with Gasteiger partial charge in [-0.2, -0.15) is 18.2 Å². The molecule has 1 aliphatic rings. The molecule has 3 aromatic heterocycles. The summed E-state index contributed by atoms with van der Waals surface area (Å²) in [5.41, 5.74) is 1.28. The largest absolute Gasteiger partial charge is 0.433 e. The predicted octanol–water partition coefficient (Wildman–Crippen LogP) is 5.33. The molecule has 1 aliphatic heterocycles. The number of hydrogen-bond donors (Lipinski definition) is 1. The number of aryl methyl sites for hydroxylation is 1. The second-order valence-corrected chi connectivity index (χ2v) is 8.99. The number of urea groups is 1. The van der Waals surface area contributed by atoms with Gasteiger partial charge in [-0.15, -0.1) is 0 Å². The number of likely N-dealkylation sites (N-methyl/N-ethyl adjacent to an activating group) is 1. The van der Waals surface area contributed by atoms with Gasteiger partial charge in [0.25, 0.3) is 0 Å². The Bertz CT molecular complexity index is 1350. The fourth-order valence-corrected chi connectivity index (χ4v) is 3.97. The summed E-state index contributed by atoms with van der Waals surface area (Å²) in [5, 5.41) is 3.14. The fourth-order valence-electron chi connectivity index (χ4n) is 3.97. The number of carbonyl (C=O) groups is 1. The van der Waals surface area contributed by atoms with Crippen molar-refractivity contribution < 1.29 is 20.7 Å². The van der Waals surface area contributed by atoms with Gasteiger partial charge in [0.2, 0.25) is 5.95 Å². The maximum absolute atomic E-state index is 13.1. The van der Waals surface area contributed by atoms with E-state index in [2.05, 4.69) is 25.3 Å². The number of hydrogen-bond acceptors (Lipinski definition) is 6. The molecule has 36 heavy (non-hydrogen) atoms. The quantitative estimate of drug-likeness (QED) is 0.491. The molecular formula is C25H28F3N7O. The van der Waals surface area contributed by atoms with Crippen LogP contribution in [0.15, 0.2) is 42.9 Å². The lowest BCUT2D eigenvalue weighted by atomic mass is 10.0. The van der Waals surface area contributed by atoms with Gasteiger partial charge >= 0.3 is 12.2 Å². The van der Waals surface area contributed by atoms with Gasteiger partial charge < -0.3 is 10.2 Å². The Morgan fingerprint density at radius 3 is 2.53 bits per heavy atom. The smallest absolute Gasteiger partial charge is 0.346 e. The summed E-state index contributed by atoms with van der Waals surface area (Å²) in [5.74, 6) is 0.305. The van der Waals surface area contributed by atoms with Gasteiger partial charge in [0, 0.05) is 37.7 Å². The van der Waals surface area contributed by atoms with E-state index in [1.807, 2.05) is 20.8 Å². The maximum atomic E-state index is 13.1. The summed E-state index contributed by atoms with van der Waals surface area (Å²) in [6.45, 7) is 5.43.